The molecule has 0 N–H and O–H groups in total. The molecule has 0 aliphatic rings. The van der Waals surface area contributed by atoms with E-state index in [0.29, 0.717) is 6.61 Å². The van der Waals surface area contributed by atoms with E-state index < -0.39 is 5.97 Å². The minimum absolute atomic E-state index is 0.0786. The van der Waals surface area contributed by atoms with Gasteiger partial charge in [-0.05, 0) is 19.1 Å². The van der Waals surface area contributed by atoms with Crippen LogP contribution in [-0.2, 0) is 10.2 Å². The van der Waals surface area contributed by atoms with Crippen LogP contribution in [0.4, 0.5) is 0 Å². The van der Waals surface area contributed by atoms with Crippen LogP contribution in [0.1, 0.15) is 44.0 Å². The summed E-state index contributed by atoms with van der Waals surface area (Å²) < 4.78 is 10.2. The van der Waals surface area contributed by atoms with Gasteiger partial charge in [0, 0.05) is 5.41 Å². The highest BCUT2D eigenvalue weighted by atomic mass is 16.5. The molecule has 0 aliphatic heterocycles. The predicted octanol–water partition coefficient (Wildman–Crippen LogP) is 2.75. The second kappa shape index (κ2) is 3.86. The zero-order valence-corrected chi connectivity index (χ0v) is 9.09. The van der Waals surface area contributed by atoms with Crippen LogP contribution in [0.25, 0.3) is 0 Å². The monoisotopic (exact) mass is 196 g/mol. The maximum atomic E-state index is 11.3. The van der Waals surface area contributed by atoms with Crippen molar-refractivity contribution in [1.82, 2.24) is 0 Å². The zero-order chi connectivity index (χ0) is 10.8. The number of hydrogen-bond donors (Lipinski definition) is 0. The third-order valence-corrected chi connectivity index (χ3v) is 1.82. The molecular weight excluding hydrogens is 180 g/mol. The molecule has 0 spiro atoms. The Labute approximate surface area is 84.1 Å². The number of furan rings is 1. The minimum Gasteiger partial charge on any atom is -0.460 e. The van der Waals surface area contributed by atoms with E-state index in [4.69, 9.17) is 9.15 Å². The lowest BCUT2D eigenvalue weighted by atomic mass is 9.94. The SMILES string of the molecule is CCOC(=O)c1ccc(C(C)(C)C)o1. The van der Waals surface area contributed by atoms with E-state index in [2.05, 4.69) is 0 Å². The zero-order valence-electron chi connectivity index (χ0n) is 9.09. The molecule has 0 aliphatic carbocycles. The van der Waals surface area contributed by atoms with Crippen LogP contribution >= 0.6 is 0 Å². The number of ether oxygens (including phenoxy) is 1. The Hall–Kier alpha value is -1.25. The topological polar surface area (TPSA) is 39.4 Å². The molecule has 14 heavy (non-hydrogen) atoms. The van der Waals surface area contributed by atoms with Crippen molar-refractivity contribution < 1.29 is 13.9 Å². The van der Waals surface area contributed by atoms with E-state index in [9.17, 15) is 4.79 Å². The van der Waals surface area contributed by atoms with Gasteiger partial charge in [0.25, 0.3) is 0 Å². The highest BCUT2D eigenvalue weighted by Gasteiger charge is 2.20. The molecule has 0 unspecified atom stereocenters. The molecule has 0 amide bonds. The summed E-state index contributed by atoms with van der Waals surface area (Å²) in [5, 5.41) is 0. The molecule has 3 nitrogen and oxygen atoms in total. The van der Waals surface area contributed by atoms with Crippen LogP contribution in [0, 0.1) is 0 Å². The van der Waals surface area contributed by atoms with Crippen LogP contribution in [-0.4, -0.2) is 12.6 Å². The Kier molecular flexibility index (Phi) is 2.99. The molecule has 3 heteroatoms. The third-order valence-electron chi connectivity index (χ3n) is 1.82. The average Bonchev–Trinajstić information content (AvgIpc) is 2.51. The van der Waals surface area contributed by atoms with Crippen molar-refractivity contribution in [1.29, 1.82) is 0 Å². The molecule has 0 atom stereocenters. The Bertz CT molecular complexity index is 318. The first kappa shape index (κ1) is 10.8. The Morgan fingerprint density at radius 3 is 2.50 bits per heavy atom. The molecule has 0 saturated carbocycles. The number of rotatable bonds is 2. The van der Waals surface area contributed by atoms with Crippen LogP contribution in [0.5, 0.6) is 0 Å². The first-order chi connectivity index (χ1) is 6.45. The molecule has 1 aromatic rings. The van der Waals surface area contributed by atoms with Crippen molar-refractivity contribution >= 4 is 5.97 Å². The van der Waals surface area contributed by atoms with Gasteiger partial charge in [0.1, 0.15) is 5.76 Å². The highest BCUT2D eigenvalue weighted by Crippen LogP contribution is 2.24. The lowest BCUT2D eigenvalue weighted by molar-refractivity contribution is 0.0486. The summed E-state index contributed by atoms with van der Waals surface area (Å²) in [6, 6.07) is 3.46. The van der Waals surface area contributed by atoms with Crippen molar-refractivity contribution in [3.63, 3.8) is 0 Å². The molecule has 1 aromatic heterocycles. The fraction of sp³-hybridized carbons (Fsp3) is 0.545. The number of carbonyl (C=O) groups is 1. The van der Waals surface area contributed by atoms with E-state index in [-0.39, 0.29) is 11.2 Å². The molecule has 0 fully saturated rings. The molecule has 0 radical (unpaired) electrons. The second-order valence-corrected chi connectivity index (χ2v) is 4.13. The Morgan fingerprint density at radius 2 is 2.07 bits per heavy atom. The summed E-state index contributed by atoms with van der Waals surface area (Å²) in [5.74, 6) is 0.667. The van der Waals surface area contributed by atoms with E-state index in [0.717, 1.165) is 5.76 Å². The van der Waals surface area contributed by atoms with Gasteiger partial charge in [0.2, 0.25) is 5.76 Å². The molecule has 1 heterocycles. The van der Waals surface area contributed by atoms with Gasteiger partial charge in [-0.3, -0.25) is 0 Å². The molecular formula is C11H16O3. The van der Waals surface area contributed by atoms with Gasteiger partial charge in [-0.25, -0.2) is 4.79 Å². The largest absolute Gasteiger partial charge is 0.460 e. The van der Waals surface area contributed by atoms with Crippen molar-refractivity contribution in [2.45, 2.75) is 33.1 Å². The normalized spacial score (nSPS) is 11.4. The van der Waals surface area contributed by atoms with Crippen molar-refractivity contribution in [2.75, 3.05) is 6.61 Å². The molecule has 0 saturated heterocycles. The summed E-state index contributed by atoms with van der Waals surface area (Å²) >= 11 is 0. The summed E-state index contributed by atoms with van der Waals surface area (Å²) in [7, 11) is 0. The summed E-state index contributed by atoms with van der Waals surface area (Å²) in [4.78, 5) is 11.3. The first-order valence-electron chi connectivity index (χ1n) is 4.72. The Morgan fingerprint density at radius 1 is 1.43 bits per heavy atom. The lowest BCUT2D eigenvalue weighted by Crippen LogP contribution is -2.09. The molecule has 0 aromatic carbocycles. The second-order valence-electron chi connectivity index (χ2n) is 4.13. The van der Waals surface area contributed by atoms with Gasteiger partial charge in [-0.1, -0.05) is 20.8 Å². The van der Waals surface area contributed by atoms with Crippen molar-refractivity contribution in [3.05, 3.63) is 23.7 Å². The Balaban J connectivity index is 2.83. The molecule has 1 rings (SSSR count). The fourth-order valence-electron chi connectivity index (χ4n) is 1.05. The van der Waals surface area contributed by atoms with E-state index in [1.165, 1.54) is 0 Å². The maximum absolute atomic E-state index is 11.3. The van der Waals surface area contributed by atoms with Crippen LogP contribution < -0.4 is 0 Å². The molecule has 78 valence electrons. The van der Waals surface area contributed by atoms with Gasteiger partial charge < -0.3 is 9.15 Å². The van der Waals surface area contributed by atoms with Crippen molar-refractivity contribution in [2.24, 2.45) is 0 Å². The minimum atomic E-state index is -0.400. The maximum Gasteiger partial charge on any atom is 0.374 e. The standard InChI is InChI=1S/C11H16O3/c1-5-13-10(12)8-6-7-9(14-8)11(2,3)4/h6-7H,5H2,1-4H3. The van der Waals surface area contributed by atoms with Gasteiger partial charge in [0.05, 0.1) is 6.61 Å². The van der Waals surface area contributed by atoms with E-state index >= 15 is 0 Å². The first-order valence-corrected chi connectivity index (χ1v) is 4.72. The summed E-state index contributed by atoms with van der Waals surface area (Å²) in [6.45, 7) is 8.22. The van der Waals surface area contributed by atoms with Gasteiger partial charge in [-0.15, -0.1) is 0 Å². The summed E-state index contributed by atoms with van der Waals surface area (Å²) in [6.07, 6.45) is 0. The highest BCUT2D eigenvalue weighted by molar-refractivity contribution is 5.86. The number of hydrogen-bond acceptors (Lipinski definition) is 3. The average molecular weight is 196 g/mol. The van der Waals surface area contributed by atoms with Crippen molar-refractivity contribution in [3.8, 4) is 0 Å². The lowest BCUT2D eigenvalue weighted by Gasteiger charge is -2.13. The van der Waals surface area contributed by atoms with Gasteiger partial charge in [-0.2, -0.15) is 0 Å². The van der Waals surface area contributed by atoms with Gasteiger partial charge >= 0.3 is 5.97 Å². The fourth-order valence-corrected chi connectivity index (χ4v) is 1.05. The van der Waals surface area contributed by atoms with E-state index in [1.807, 2.05) is 26.8 Å². The number of carbonyl (C=O) groups excluding carboxylic acids is 1. The number of esters is 1. The van der Waals surface area contributed by atoms with E-state index in [1.54, 1.807) is 13.0 Å². The summed E-state index contributed by atoms with van der Waals surface area (Å²) in [5.41, 5.74) is -0.0786. The molecule has 0 bridgehead atoms. The van der Waals surface area contributed by atoms with Gasteiger partial charge in [0.15, 0.2) is 0 Å². The smallest absolute Gasteiger partial charge is 0.374 e. The quantitative estimate of drug-likeness (QED) is 0.683. The van der Waals surface area contributed by atoms with Crippen LogP contribution in [0.3, 0.4) is 0 Å². The van der Waals surface area contributed by atoms with Crippen LogP contribution in [0.2, 0.25) is 0 Å². The predicted molar refractivity (Wildman–Crippen MR) is 53.4 cm³/mol. The third kappa shape index (κ3) is 2.37. The van der Waals surface area contributed by atoms with Crippen LogP contribution in [0.15, 0.2) is 16.5 Å².